The molecule has 2 N–H and O–H groups in total. The first-order valence-electron chi connectivity index (χ1n) is 7.66. The van der Waals surface area contributed by atoms with Gasteiger partial charge in [-0.2, -0.15) is 0 Å². The summed E-state index contributed by atoms with van der Waals surface area (Å²) < 4.78 is 5.16. The lowest BCUT2D eigenvalue weighted by molar-refractivity contribution is -0.145. The van der Waals surface area contributed by atoms with Gasteiger partial charge in [-0.25, -0.2) is 0 Å². The Morgan fingerprint density at radius 2 is 1.95 bits per heavy atom. The SMILES string of the molecule is CCCNC(C)(CN(CCOC)C(CC)CC)C(=O)O. The zero-order chi connectivity index (χ0) is 15.6. The molecule has 0 bridgehead atoms. The lowest BCUT2D eigenvalue weighted by Crippen LogP contribution is -2.59. The number of carboxylic acids is 1. The van der Waals surface area contributed by atoms with E-state index < -0.39 is 11.5 Å². The first-order chi connectivity index (χ1) is 9.45. The van der Waals surface area contributed by atoms with Gasteiger partial charge < -0.3 is 15.2 Å². The molecule has 120 valence electrons. The van der Waals surface area contributed by atoms with Crippen LogP contribution < -0.4 is 5.32 Å². The molecular formula is C15H32N2O3. The van der Waals surface area contributed by atoms with E-state index in [1.165, 1.54) is 0 Å². The molecule has 5 nitrogen and oxygen atoms in total. The van der Waals surface area contributed by atoms with Gasteiger partial charge in [0.05, 0.1) is 6.61 Å². The van der Waals surface area contributed by atoms with Gasteiger partial charge in [-0.15, -0.1) is 0 Å². The monoisotopic (exact) mass is 288 g/mol. The Morgan fingerprint density at radius 3 is 2.35 bits per heavy atom. The molecule has 0 fully saturated rings. The van der Waals surface area contributed by atoms with Gasteiger partial charge in [-0.3, -0.25) is 9.69 Å². The summed E-state index contributed by atoms with van der Waals surface area (Å²) in [6.45, 7) is 10.7. The highest BCUT2D eigenvalue weighted by molar-refractivity contribution is 5.78. The number of nitrogens with zero attached hydrogens (tertiary/aromatic N) is 1. The third-order valence-corrected chi connectivity index (χ3v) is 3.80. The standard InChI is InChI=1S/C15H32N2O3/c1-6-9-16-15(4,14(18)19)12-17(10-11-20-5)13(7-2)8-3/h13,16H,6-12H2,1-5H3,(H,18,19). The van der Waals surface area contributed by atoms with E-state index in [-0.39, 0.29) is 0 Å². The first kappa shape index (κ1) is 19.4. The quantitative estimate of drug-likeness (QED) is 0.575. The predicted molar refractivity (Wildman–Crippen MR) is 82.2 cm³/mol. The molecule has 0 spiro atoms. The van der Waals surface area contributed by atoms with Gasteiger partial charge in [0, 0.05) is 26.2 Å². The maximum Gasteiger partial charge on any atom is 0.324 e. The summed E-state index contributed by atoms with van der Waals surface area (Å²) in [5, 5.41) is 12.7. The molecule has 0 aromatic heterocycles. The number of hydrogen-bond donors (Lipinski definition) is 2. The highest BCUT2D eigenvalue weighted by atomic mass is 16.5. The Bertz CT molecular complexity index is 270. The number of carbonyl (C=O) groups is 1. The van der Waals surface area contributed by atoms with Crippen molar-refractivity contribution in [3.63, 3.8) is 0 Å². The van der Waals surface area contributed by atoms with Gasteiger partial charge in [-0.1, -0.05) is 20.8 Å². The number of hydrogen-bond acceptors (Lipinski definition) is 4. The van der Waals surface area contributed by atoms with Crippen molar-refractivity contribution in [2.75, 3.05) is 33.4 Å². The van der Waals surface area contributed by atoms with Crippen molar-refractivity contribution in [3.05, 3.63) is 0 Å². The minimum absolute atomic E-state index is 0.396. The van der Waals surface area contributed by atoms with Crippen LogP contribution in [0.15, 0.2) is 0 Å². The van der Waals surface area contributed by atoms with Crippen LogP contribution in [-0.2, 0) is 9.53 Å². The van der Waals surface area contributed by atoms with E-state index in [1.807, 2.05) is 6.92 Å². The average molecular weight is 288 g/mol. The fraction of sp³-hybridized carbons (Fsp3) is 0.933. The molecule has 0 heterocycles. The fourth-order valence-corrected chi connectivity index (χ4v) is 2.41. The smallest absolute Gasteiger partial charge is 0.324 e. The van der Waals surface area contributed by atoms with E-state index in [9.17, 15) is 9.90 Å². The Balaban J connectivity index is 4.90. The Hall–Kier alpha value is -0.650. The Labute approximate surface area is 123 Å². The molecule has 0 aliphatic carbocycles. The predicted octanol–water partition coefficient (Wildman–Crippen LogP) is 1.97. The fourth-order valence-electron chi connectivity index (χ4n) is 2.41. The number of methoxy groups -OCH3 is 1. The number of nitrogens with one attached hydrogen (secondary N) is 1. The number of carboxylic acid groups (broad SMARTS) is 1. The van der Waals surface area contributed by atoms with E-state index in [4.69, 9.17) is 4.74 Å². The van der Waals surface area contributed by atoms with Gasteiger partial charge in [0.2, 0.25) is 0 Å². The number of aliphatic carboxylic acids is 1. The van der Waals surface area contributed by atoms with Gasteiger partial charge >= 0.3 is 5.97 Å². The highest BCUT2D eigenvalue weighted by Crippen LogP contribution is 2.15. The molecule has 0 aromatic rings. The molecule has 0 saturated carbocycles. The lowest BCUT2D eigenvalue weighted by Gasteiger charge is -2.37. The summed E-state index contributed by atoms with van der Waals surface area (Å²) >= 11 is 0. The molecule has 20 heavy (non-hydrogen) atoms. The van der Waals surface area contributed by atoms with Crippen LogP contribution in [0.1, 0.15) is 47.0 Å². The summed E-state index contributed by atoms with van der Waals surface area (Å²) in [6.07, 6.45) is 2.96. The zero-order valence-corrected chi connectivity index (χ0v) is 13.7. The maximum absolute atomic E-state index is 11.6. The molecule has 0 aromatic carbocycles. The average Bonchev–Trinajstić information content (AvgIpc) is 2.43. The third-order valence-electron chi connectivity index (χ3n) is 3.80. The van der Waals surface area contributed by atoms with Crippen LogP contribution >= 0.6 is 0 Å². The molecule has 0 rings (SSSR count). The summed E-state index contributed by atoms with van der Waals surface area (Å²) in [7, 11) is 1.68. The van der Waals surface area contributed by atoms with Gasteiger partial charge in [-0.05, 0) is 32.7 Å². The lowest BCUT2D eigenvalue weighted by atomic mass is 9.99. The van der Waals surface area contributed by atoms with Crippen molar-refractivity contribution < 1.29 is 14.6 Å². The van der Waals surface area contributed by atoms with Crippen LogP contribution in [0.4, 0.5) is 0 Å². The van der Waals surface area contributed by atoms with Crippen LogP contribution in [0.25, 0.3) is 0 Å². The molecule has 0 radical (unpaired) electrons. The van der Waals surface area contributed by atoms with Crippen molar-refractivity contribution >= 4 is 5.97 Å². The normalized spacial score (nSPS) is 14.8. The van der Waals surface area contributed by atoms with E-state index in [0.29, 0.717) is 25.7 Å². The summed E-state index contributed by atoms with van der Waals surface area (Å²) in [5.41, 5.74) is -0.910. The van der Waals surface area contributed by atoms with E-state index in [2.05, 4.69) is 24.1 Å². The van der Waals surface area contributed by atoms with Crippen molar-refractivity contribution in [1.29, 1.82) is 0 Å². The Kier molecular flexibility index (Phi) is 9.80. The van der Waals surface area contributed by atoms with Gasteiger partial charge in [0.15, 0.2) is 0 Å². The second-order valence-electron chi connectivity index (χ2n) is 5.50. The molecule has 5 heteroatoms. The second kappa shape index (κ2) is 10.1. The van der Waals surface area contributed by atoms with E-state index in [1.54, 1.807) is 14.0 Å². The molecule has 1 unspecified atom stereocenters. The van der Waals surface area contributed by atoms with Crippen LogP contribution in [-0.4, -0.2) is 60.9 Å². The molecule has 1 atom stereocenters. The van der Waals surface area contributed by atoms with E-state index in [0.717, 1.165) is 25.8 Å². The molecule has 0 amide bonds. The van der Waals surface area contributed by atoms with E-state index >= 15 is 0 Å². The minimum atomic E-state index is -0.910. The number of rotatable bonds is 12. The van der Waals surface area contributed by atoms with Crippen LogP contribution in [0.3, 0.4) is 0 Å². The summed E-state index contributed by atoms with van der Waals surface area (Å²) in [4.78, 5) is 13.9. The molecule has 0 saturated heterocycles. The van der Waals surface area contributed by atoms with Crippen LogP contribution in [0, 0.1) is 0 Å². The van der Waals surface area contributed by atoms with Crippen molar-refractivity contribution in [1.82, 2.24) is 10.2 Å². The molecule has 0 aliphatic rings. The zero-order valence-electron chi connectivity index (χ0n) is 13.7. The van der Waals surface area contributed by atoms with Gasteiger partial charge in [0.1, 0.15) is 5.54 Å². The largest absolute Gasteiger partial charge is 0.480 e. The van der Waals surface area contributed by atoms with Gasteiger partial charge in [0.25, 0.3) is 0 Å². The first-order valence-corrected chi connectivity index (χ1v) is 7.66. The second-order valence-corrected chi connectivity index (χ2v) is 5.50. The minimum Gasteiger partial charge on any atom is -0.480 e. The van der Waals surface area contributed by atoms with Crippen LogP contribution in [0.5, 0.6) is 0 Å². The van der Waals surface area contributed by atoms with Crippen molar-refractivity contribution in [3.8, 4) is 0 Å². The van der Waals surface area contributed by atoms with Crippen molar-refractivity contribution in [2.24, 2.45) is 0 Å². The molecule has 0 aliphatic heterocycles. The maximum atomic E-state index is 11.6. The summed E-state index contributed by atoms with van der Waals surface area (Å²) in [6, 6.07) is 0.396. The third kappa shape index (κ3) is 6.20. The van der Waals surface area contributed by atoms with Crippen LogP contribution in [0.2, 0.25) is 0 Å². The van der Waals surface area contributed by atoms with Crippen molar-refractivity contribution in [2.45, 2.75) is 58.5 Å². The molecular weight excluding hydrogens is 256 g/mol. The topological polar surface area (TPSA) is 61.8 Å². The highest BCUT2D eigenvalue weighted by Gasteiger charge is 2.35. The number of ether oxygens (including phenoxy) is 1. The summed E-state index contributed by atoms with van der Waals surface area (Å²) in [5.74, 6) is -0.792. The Morgan fingerprint density at radius 1 is 1.35 bits per heavy atom.